The van der Waals surface area contributed by atoms with Crippen LogP contribution in [0.5, 0.6) is 0 Å². The molecule has 2 aliphatic rings. The average Bonchev–Trinajstić information content (AvgIpc) is 2.48. The van der Waals surface area contributed by atoms with E-state index in [1.54, 1.807) is 0 Å². The summed E-state index contributed by atoms with van der Waals surface area (Å²) in [4.78, 5) is 12.7. The lowest BCUT2D eigenvalue weighted by Gasteiger charge is -2.38. The van der Waals surface area contributed by atoms with E-state index in [0.29, 0.717) is 17.9 Å². The maximum absolute atomic E-state index is 12.7. The summed E-state index contributed by atoms with van der Waals surface area (Å²) in [5, 5.41) is 6.73. The van der Waals surface area contributed by atoms with E-state index < -0.39 is 0 Å². The summed E-state index contributed by atoms with van der Waals surface area (Å²) in [6.45, 7) is 6.27. The number of hydrogen-bond acceptors (Lipinski definition) is 2. The normalized spacial score (nSPS) is 30.8. The SMILES string of the molecule is CCC1(C(=O)N[C@@H](C)C2CCCCC2)CCCNC1. The lowest BCUT2D eigenvalue weighted by molar-refractivity contribution is -0.133. The maximum atomic E-state index is 12.7. The zero-order chi connectivity index (χ0) is 13.7. The molecule has 0 radical (unpaired) electrons. The van der Waals surface area contributed by atoms with Crippen LogP contribution < -0.4 is 10.6 Å². The molecule has 2 fully saturated rings. The van der Waals surface area contributed by atoms with Crippen LogP contribution in [0.3, 0.4) is 0 Å². The van der Waals surface area contributed by atoms with Gasteiger partial charge in [0, 0.05) is 12.6 Å². The van der Waals surface area contributed by atoms with Crippen LogP contribution in [0.1, 0.15) is 65.2 Å². The molecule has 0 aromatic carbocycles. The predicted octanol–water partition coefficient (Wildman–Crippen LogP) is 2.85. The van der Waals surface area contributed by atoms with Crippen LogP contribution in [-0.4, -0.2) is 25.0 Å². The molecule has 2 N–H and O–H groups in total. The molecule has 2 rings (SSSR count). The number of nitrogens with one attached hydrogen (secondary N) is 2. The zero-order valence-electron chi connectivity index (χ0n) is 12.6. The minimum absolute atomic E-state index is 0.152. The van der Waals surface area contributed by atoms with Gasteiger partial charge in [-0.05, 0) is 51.5 Å². The summed E-state index contributed by atoms with van der Waals surface area (Å²) in [6, 6.07) is 0.346. The molecular formula is C16H30N2O. The van der Waals surface area contributed by atoms with Crippen LogP contribution in [0.4, 0.5) is 0 Å². The minimum Gasteiger partial charge on any atom is -0.353 e. The third-order valence-electron chi connectivity index (χ3n) is 5.35. The fourth-order valence-electron chi connectivity index (χ4n) is 3.74. The quantitative estimate of drug-likeness (QED) is 0.821. The van der Waals surface area contributed by atoms with Crippen molar-refractivity contribution in [1.29, 1.82) is 0 Å². The number of rotatable bonds is 4. The van der Waals surface area contributed by atoms with E-state index in [9.17, 15) is 4.79 Å². The molecule has 19 heavy (non-hydrogen) atoms. The topological polar surface area (TPSA) is 41.1 Å². The molecule has 1 amide bonds. The first-order valence-electron chi connectivity index (χ1n) is 8.19. The van der Waals surface area contributed by atoms with Crippen LogP contribution in [0, 0.1) is 11.3 Å². The van der Waals surface area contributed by atoms with E-state index in [0.717, 1.165) is 32.4 Å². The molecule has 1 heterocycles. The molecule has 2 atom stereocenters. The Hall–Kier alpha value is -0.570. The van der Waals surface area contributed by atoms with Gasteiger partial charge in [0.2, 0.25) is 5.91 Å². The summed E-state index contributed by atoms with van der Waals surface area (Å²) in [6.07, 6.45) is 9.75. The molecule has 0 aromatic heterocycles. The molecule has 1 saturated heterocycles. The van der Waals surface area contributed by atoms with Crippen molar-refractivity contribution in [1.82, 2.24) is 10.6 Å². The Morgan fingerprint density at radius 2 is 2.05 bits per heavy atom. The lowest BCUT2D eigenvalue weighted by Crippen LogP contribution is -2.53. The molecule has 1 unspecified atom stereocenters. The van der Waals surface area contributed by atoms with Crippen LogP contribution in [0.25, 0.3) is 0 Å². The van der Waals surface area contributed by atoms with Gasteiger partial charge in [-0.1, -0.05) is 26.2 Å². The molecule has 0 aromatic rings. The van der Waals surface area contributed by atoms with Crippen molar-refractivity contribution in [3.05, 3.63) is 0 Å². The fraction of sp³-hybridized carbons (Fsp3) is 0.938. The average molecular weight is 266 g/mol. The maximum Gasteiger partial charge on any atom is 0.227 e. The first kappa shape index (κ1) is 14.8. The molecule has 3 nitrogen and oxygen atoms in total. The van der Waals surface area contributed by atoms with Crippen molar-refractivity contribution < 1.29 is 4.79 Å². The van der Waals surface area contributed by atoms with E-state index in [4.69, 9.17) is 0 Å². The Labute approximate surface area is 117 Å². The van der Waals surface area contributed by atoms with E-state index in [1.165, 1.54) is 32.1 Å². The second-order valence-corrected chi connectivity index (χ2v) is 6.57. The van der Waals surface area contributed by atoms with E-state index in [-0.39, 0.29) is 5.41 Å². The Balaban J connectivity index is 1.90. The molecule has 1 aliphatic carbocycles. The monoisotopic (exact) mass is 266 g/mol. The summed E-state index contributed by atoms with van der Waals surface area (Å²) in [5.74, 6) is 0.989. The van der Waals surface area contributed by atoms with Crippen molar-refractivity contribution in [3.63, 3.8) is 0 Å². The Morgan fingerprint density at radius 1 is 1.32 bits per heavy atom. The van der Waals surface area contributed by atoms with Crippen molar-refractivity contribution in [3.8, 4) is 0 Å². The van der Waals surface area contributed by atoms with Crippen LogP contribution in [0.15, 0.2) is 0 Å². The van der Waals surface area contributed by atoms with Gasteiger partial charge in [0.25, 0.3) is 0 Å². The molecule has 110 valence electrons. The van der Waals surface area contributed by atoms with Crippen molar-refractivity contribution in [2.45, 2.75) is 71.3 Å². The van der Waals surface area contributed by atoms with Gasteiger partial charge in [0.05, 0.1) is 5.41 Å². The highest BCUT2D eigenvalue weighted by Gasteiger charge is 2.38. The standard InChI is InChI=1S/C16H30N2O/c1-3-16(10-7-11-17-12-16)15(19)18-13(2)14-8-5-4-6-9-14/h13-14,17H,3-12H2,1-2H3,(H,18,19)/t13-,16?/m0/s1. The third-order valence-corrected chi connectivity index (χ3v) is 5.35. The summed E-state index contributed by atoms with van der Waals surface area (Å²) in [7, 11) is 0. The number of carbonyl (C=O) groups excluding carboxylic acids is 1. The van der Waals surface area contributed by atoms with Crippen molar-refractivity contribution >= 4 is 5.91 Å². The van der Waals surface area contributed by atoms with Crippen molar-refractivity contribution in [2.24, 2.45) is 11.3 Å². The summed E-state index contributed by atoms with van der Waals surface area (Å²) in [5.41, 5.74) is -0.152. The molecule has 0 bridgehead atoms. The first-order valence-corrected chi connectivity index (χ1v) is 8.19. The summed E-state index contributed by atoms with van der Waals surface area (Å²) >= 11 is 0. The molecule has 1 aliphatic heterocycles. The van der Waals surface area contributed by atoms with Crippen LogP contribution in [-0.2, 0) is 4.79 Å². The van der Waals surface area contributed by atoms with Gasteiger partial charge >= 0.3 is 0 Å². The zero-order valence-corrected chi connectivity index (χ0v) is 12.6. The highest BCUT2D eigenvalue weighted by atomic mass is 16.2. The van der Waals surface area contributed by atoms with Gasteiger partial charge in [-0.25, -0.2) is 0 Å². The highest BCUT2D eigenvalue weighted by molar-refractivity contribution is 5.83. The Morgan fingerprint density at radius 3 is 2.63 bits per heavy atom. The predicted molar refractivity (Wildman–Crippen MR) is 79.0 cm³/mol. The second kappa shape index (κ2) is 6.74. The van der Waals surface area contributed by atoms with Gasteiger partial charge < -0.3 is 10.6 Å². The third kappa shape index (κ3) is 3.50. The van der Waals surface area contributed by atoms with Gasteiger partial charge in [-0.3, -0.25) is 4.79 Å². The molecule has 0 spiro atoms. The number of amides is 1. The molecular weight excluding hydrogens is 236 g/mol. The van der Waals surface area contributed by atoms with E-state index in [1.807, 2.05) is 0 Å². The van der Waals surface area contributed by atoms with Gasteiger partial charge in [-0.2, -0.15) is 0 Å². The van der Waals surface area contributed by atoms with E-state index in [2.05, 4.69) is 24.5 Å². The second-order valence-electron chi connectivity index (χ2n) is 6.57. The molecule has 1 saturated carbocycles. The Kier molecular flexibility index (Phi) is 5.26. The van der Waals surface area contributed by atoms with Crippen LogP contribution in [0.2, 0.25) is 0 Å². The smallest absolute Gasteiger partial charge is 0.227 e. The largest absolute Gasteiger partial charge is 0.353 e. The fourth-order valence-corrected chi connectivity index (χ4v) is 3.74. The van der Waals surface area contributed by atoms with Crippen molar-refractivity contribution in [2.75, 3.05) is 13.1 Å². The number of hydrogen-bond donors (Lipinski definition) is 2. The van der Waals surface area contributed by atoms with Crippen LogP contribution >= 0.6 is 0 Å². The Bertz CT molecular complexity index is 291. The minimum atomic E-state index is -0.152. The number of piperidine rings is 1. The summed E-state index contributed by atoms with van der Waals surface area (Å²) < 4.78 is 0. The molecule has 3 heteroatoms. The van der Waals surface area contributed by atoms with Gasteiger partial charge in [0.15, 0.2) is 0 Å². The lowest BCUT2D eigenvalue weighted by atomic mass is 9.76. The van der Waals surface area contributed by atoms with E-state index >= 15 is 0 Å². The van der Waals surface area contributed by atoms with Gasteiger partial charge in [0.1, 0.15) is 0 Å². The first-order chi connectivity index (χ1) is 9.18. The number of carbonyl (C=O) groups is 1. The highest BCUT2D eigenvalue weighted by Crippen LogP contribution is 2.32. The van der Waals surface area contributed by atoms with Gasteiger partial charge in [-0.15, -0.1) is 0 Å².